The Hall–Kier alpha value is -2.63. The van der Waals surface area contributed by atoms with Crippen molar-refractivity contribution in [2.24, 2.45) is 0 Å². The molecule has 1 aromatic carbocycles. The van der Waals surface area contributed by atoms with Gasteiger partial charge in [0.05, 0.1) is 5.56 Å². The first-order valence-corrected chi connectivity index (χ1v) is 6.23. The number of carbonyl (C=O) groups is 1. The smallest absolute Gasteiger partial charge is 0.335 e. The fourth-order valence-electron chi connectivity index (χ4n) is 1.77. The predicted octanol–water partition coefficient (Wildman–Crippen LogP) is 1.57. The van der Waals surface area contributed by atoms with E-state index >= 15 is 0 Å². The quantitative estimate of drug-likeness (QED) is 0.864. The molecule has 0 saturated heterocycles. The summed E-state index contributed by atoms with van der Waals surface area (Å²) in [6, 6.07) is 6.47. The molecule has 0 unspecified atom stereocenters. The minimum Gasteiger partial charge on any atom is -0.478 e. The molecule has 0 aliphatic carbocycles. The van der Waals surface area contributed by atoms with Crippen LogP contribution in [0.1, 0.15) is 22.8 Å². The van der Waals surface area contributed by atoms with Crippen molar-refractivity contribution in [3.05, 3.63) is 58.1 Å². The van der Waals surface area contributed by atoms with E-state index in [0.29, 0.717) is 13.1 Å². The van der Waals surface area contributed by atoms with Crippen molar-refractivity contribution in [3.63, 3.8) is 0 Å². The van der Waals surface area contributed by atoms with Crippen LogP contribution in [0.4, 0.5) is 5.82 Å². The summed E-state index contributed by atoms with van der Waals surface area (Å²) in [4.78, 5) is 26.7. The zero-order valence-electron chi connectivity index (χ0n) is 11.0. The predicted molar refractivity (Wildman–Crippen MR) is 74.9 cm³/mol. The summed E-state index contributed by atoms with van der Waals surface area (Å²) in [5.74, 6) is -0.670. The molecule has 20 heavy (non-hydrogen) atoms. The van der Waals surface area contributed by atoms with Crippen molar-refractivity contribution < 1.29 is 9.90 Å². The van der Waals surface area contributed by atoms with Gasteiger partial charge in [0.15, 0.2) is 5.82 Å². The molecular weight excluding hydrogens is 258 g/mol. The van der Waals surface area contributed by atoms with Crippen LogP contribution in [-0.4, -0.2) is 20.6 Å². The molecule has 104 valence electrons. The average Bonchev–Trinajstić information content (AvgIpc) is 2.46. The molecule has 0 aliphatic heterocycles. The Morgan fingerprint density at radius 3 is 2.65 bits per heavy atom. The van der Waals surface area contributed by atoms with E-state index in [1.54, 1.807) is 29.1 Å². The van der Waals surface area contributed by atoms with Crippen LogP contribution in [0.2, 0.25) is 0 Å². The van der Waals surface area contributed by atoms with Gasteiger partial charge in [-0.1, -0.05) is 12.1 Å². The number of aromatic carboxylic acids is 1. The summed E-state index contributed by atoms with van der Waals surface area (Å²) >= 11 is 0. The largest absolute Gasteiger partial charge is 0.478 e. The van der Waals surface area contributed by atoms with Gasteiger partial charge in [0.2, 0.25) is 0 Å². The lowest BCUT2D eigenvalue weighted by molar-refractivity contribution is 0.0697. The lowest BCUT2D eigenvalue weighted by Gasteiger charge is -2.07. The first kappa shape index (κ1) is 13.8. The lowest BCUT2D eigenvalue weighted by Crippen LogP contribution is -2.23. The Morgan fingerprint density at radius 1 is 1.35 bits per heavy atom. The molecule has 2 aromatic rings. The van der Waals surface area contributed by atoms with E-state index in [4.69, 9.17) is 5.11 Å². The highest BCUT2D eigenvalue weighted by Crippen LogP contribution is 2.06. The van der Waals surface area contributed by atoms with Crippen LogP contribution in [0, 0.1) is 0 Å². The van der Waals surface area contributed by atoms with Crippen LogP contribution in [-0.2, 0) is 13.1 Å². The van der Waals surface area contributed by atoms with Crippen LogP contribution >= 0.6 is 0 Å². The summed E-state index contributed by atoms with van der Waals surface area (Å²) in [5, 5.41) is 11.8. The highest BCUT2D eigenvalue weighted by atomic mass is 16.4. The molecular formula is C14H15N3O3. The van der Waals surface area contributed by atoms with Gasteiger partial charge >= 0.3 is 5.97 Å². The van der Waals surface area contributed by atoms with Crippen LogP contribution in [0.3, 0.4) is 0 Å². The number of nitrogens with zero attached hydrogens (tertiary/aromatic N) is 2. The van der Waals surface area contributed by atoms with Crippen LogP contribution in [0.15, 0.2) is 41.5 Å². The maximum Gasteiger partial charge on any atom is 0.335 e. The Kier molecular flexibility index (Phi) is 4.14. The second-order valence-corrected chi connectivity index (χ2v) is 4.22. The summed E-state index contributed by atoms with van der Waals surface area (Å²) in [6.07, 6.45) is 3.20. The second kappa shape index (κ2) is 6.01. The zero-order valence-corrected chi connectivity index (χ0v) is 11.0. The molecule has 0 amide bonds. The van der Waals surface area contributed by atoms with E-state index in [0.717, 1.165) is 5.56 Å². The SMILES string of the molecule is CCn1ccnc(NCc2ccc(C(=O)O)cc2)c1=O. The average molecular weight is 273 g/mol. The fourth-order valence-corrected chi connectivity index (χ4v) is 1.77. The van der Waals surface area contributed by atoms with Crippen molar-refractivity contribution in [1.82, 2.24) is 9.55 Å². The van der Waals surface area contributed by atoms with Gasteiger partial charge in [0.1, 0.15) is 0 Å². The number of hydrogen-bond acceptors (Lipinski definition) is 4. The summed E-state index contributed by atoms with van der Waals surface area (Å²) in [6.45, 7) is 2.88. The number of aryl methyl sites for hydroxylation is 1. The first-order valence-electron chi connectivity index (χ1n) is 6.23. The normalized spacial score (nSPS) is 10.2. The van der Waals surface area contributed by atoms with Gasteiger partial charge in [-0.15, -0.1) is 0 Å². The maximum absolute atomic E-state index is 11.9. The monoisotopic (exact) mass is 273 g/mol. The molecule has 6 nitrogen and oxygen atoms in total. The summed E-state index contributed by atoms with van der Waals surface area (Å²) < 4.78 is 1.56. The first-order chi connectivity index (χ1) is 9.61. The lowest BCUT2D eigenvalue weighted by atomic mass is 10.1. The van der Waals surface area contributed by atoms with Crippen molar-refractivity contribution in [1.29, 1.82) is 0 Å². The summed E-state index contributed by atoms with van der Waals surface area (Å²) in [5.41, 5.74) is 0.945. The number of carboxylic acid groups (broad SMARTS) is 1. The molecule has 0 aliphatic rings. The molecule has 0 saturated carbocycles. The van der Waals surface area contributed by atoms with Gasteiger partial charge in [0, 0.05) is 25.5 Å². The van der Waals surface area contributed by atoms with Crippen molar-refractivity contribution in [2.75, 3.05) is 5.32 Å². The van der Waals surface area contributed by atoms with E-state index < -0.39 is 5.97 Å². The molecule has 1 heterocycles. The second-order valence-electron chi connectivity index (χ2n) is 4.22. The highest BCUT2D eigenvalue weighted by molar-refractivity contribution is 5.87. The molecule has 6 heteroatoms. The van der Waals surface area contributed by atoms with Gasteiger partial charge in [0.25, 0.3) is 5.56 Å². The Balaban J connectivity index is 2.09. The number of carboxylic acids is 1. The fraction of sp³-hybridized carbons (Fsp3) is 0.214. The third kappa shape index (κ3) is 3.03. The van der Waals surface area contributed by atoms with Crippen LogP contribution in [0.5, 0.6) is 0 Å². The van der Waals surface area contributed by atoms with Gasteiger partial charge in [-0.3, -0.25) is 4.79 Å². The van der Waals surface area contributed by atoms with Gasteiger partial charge < -0.3 is 15.0 Å². The molecule has 0 spiro atoms. The number of benzene rings is 1. The Labute approximate surface area is 115 Å². The highest BCUT2D eigenvalue weighted by Gasteiger charge is 2.04. The number of aromatic nitrogens is 2. The van der Waals surface area contributed by atoms with E-state index in [2.05, 4.69) is 10.3 Å². The van der Waals surface area contributed by atoms with E-state index in [9.17, 15) is 9.59 Å². The zero-order chi connectivity index (χ0) is 14.5. The van der Waals surface area contributed by atoms with Gasteiger partial charge in [-0.2, -0.15) is 0 Å². The molecule has 2 N–H and O–H groups in total. The standard InChI is InChI=1S/C14H15N3O3/c1-2-17-8-7-15-12(13(17)18)16-9-10-3-5-11(6-4-10)14(19)20/h3-8H,2,9H2,1H3,(H,15,16)(H,19,20). The Bertz CT molecular complexity index is 662. The third-order valence-corrected chi connectivity index (χ3v) is 2.92. The molecule has 0 atom stereocenters. The number of nitrogens with one attached hydrogen (secondary N) is 1. The Morgan fingerprint density at radius 2 is 2.05 bits per heavy atom. The summed E-state index contributed by atoms with van der Waals surface area (Å²) in [7, 11) is 0. The van der Waals surface area contributed by atoms with E-state index in [-0.39, 0.29) is 16.9 Å². The van der Waals surface area contributed by atoms with Crippen molar-refractivity contribution >= 4 is 11.8 Å². The molecule has 1 aromatic heterocycles. The van der Waals surface area contributed by atoms with Crippen LogP contribution < -0.4 is 10.9 Å². The number of rotatable bonds is 5. The molecule has 0 radical (unpaired) electrons. The molecule has 0 fully saturated rings. The number of hydrogen-bond donors (Lipinski definition) is 2. The topological polar surface area (TPSA) is 84.2 Å². The van der Waals surface area contributed by atoms with Crippen molar-refractivity contribution in [3.8, 4) is 0 Å². The van der Waals surface area contributed by atoms with Crippen molar-refractivity contribution in [2.45, 2.75) is 20.0 Å². The number of anilines is 1. The third-order valence-electron chi connectivity index (χ3n) is 2.92. The van der Waals surface area contributed by atoms with E-state index in [1.807, 2.05) is 6.92 Å². The van der Waals surface area contributed by atoms with Gasteiger partial charge in [-0.05, 0) is 24.6 Å². The molecule has 2 rings (SSSR count). The minimum atomic E-state index is -0.958. The maximum atomic E-state index is 11.9. The van der Waals surface area contributed by atoms with Gasteiger partial charge in [-0.25, -0.2) is 9.78 Å². The van der Waals surface area contributed by atoms with Crippen LogP contribution in [0.25, 0.3) is 0 Å². The minimum absolute atomic E-state index is 0.169. The molecule has 0 bridgehead atoms. The van der Waals surface area contributed by atoms with E-state index in [1.165, 1.54) is 12.1 Å².